The molecule has 1 aliphatic heterocycles. The summed E-state index contributed by atoms with van der Waals surface area (Å²) in [6.07, 6.45) is -0.887. The Bertz CT molecular complexity index is 308. The van der Waals surface area contributed by atoms with Gasteiger partial charge in [0.15, 0.2) is 6.10 Å². The highest BCUT2D eigenvalue weighted by Gasteiger charge is 2.33. The van der Waals surface area contributed by atoms with Gasteiger partial charge < -0.3 is 14.7 Å². The van der Waals surface area contributed by atoms with Gasteiger partial charge in [-0.2, -0.15) is 0 Å². The predicted molar refractivity (Wildman–Crippen MR) is 70.7 cm³/mol. The Labute approximate surface area is 112 Å². The molecule has 0 aromatic rings. The summed E-state index contributed by atoms with van der Waals surface area (Å²) in [7, 11) is 0. The molecule has 1 fully saturated rings. The average molecular weight is 275 g/mol. The molecular formula is C12H21NO4S. The maximum absolute atomic E-state index is 12.4. The van der Waals surface area contributed by atoms with E-state index in [-0.39, 0.29) is 23.6 Å². The number of carboxylic acid groups (broad SMARTS) is 1. The molecule has 2 atom stereocenters. The molecular weight excluding hydrogens is 254 g/mol. The third-order valence-corrected chi connectivity index (χ3v) is 4.29. The highest BCUT2D eigenvalue weighted by molar-refractivity contribution is 8.00. The van der Waals surface area contributed by atoms with Crippen LogP contribution in [-0.4, -0.2) is 58.7 Å². The second-order valence-electron chi connectivity index (χ2n) is 4.60. The van der Waals surface area contributed by atoms with Gasteiger partial charge >= 0.3 is 5.97 Å². The number of hydrogen-bond acceptors (Lipinski definition) is 4. The topological polar surface area (TPSA) is 66.8 Å². The standard InChI is InChI=1S/C12H21NO4S/c1-4-18-10(8(2)3)11(14)13-5-6-17-9(7-13)12(15)16/h8-10H,4-7H2,1-3H3,(H,15,16). The van der Waals surface area contributed by atoms with Crippen LogP contribution in [-0.2, 0) is 14.3 Å². The van der Waals surface area contributed by atoms with Gasteiger partial charge in [-0.15, -0.1) is 11.8 Å². The van der Waals surface area contributed by atoms with E-state index in [1.54, 1.807) is 16.7 Å². The van der Waals surface area contributed by atoms with Crippen molar-refractivity contribution in [2.75, 3.05) is 25.4 Å². The van der Waals surface area contributed by atoms with Gasteiger partial charge in [0.25, 0.3) is 0 Å². The first kappa shape index (κ1) is 15.3. The van der Waals surface area contributed by atoms with Crippen LogP contribution in [0.3, 0.4) is 0 Å². The minimum Gasteiger partial charge on any atom is -0.479 e. The predicted octanol–water partition coefficient (Wildman–Crippen LogP) is 1.08. The fourth-order valence-corrected chi connectivity index (χ4v) is 2.94. The molecule has 0 aliphatic carbocycles. The lowest BCUT2D eigenvalue weighted by Crippen LogP contribution is -2.51. The molecule has 0 aromatic heterocycles. The molecule has 18 heavy (non-hydrogen) atoms. The number of rotatable bonds is 5. The van der Waals surface area contributed by atoms with Crippen LogP contribution < -0.4 is 0 Å². The van der Waals surface area contributed by atoms with Crippen molar-refractivity contribution in [1.82, 2.24) is 4.90 Å². The molecule has 0 saturated carbocycles. The number of amides is 1. The number of hydrogen-bond donors (Lipinski definition) is 1. The monoisotopic (exact) mass is 275 g/mol. The van der Waals surface area contributed by atoms with E-state index in [0.717, 1.165) is 5.75 Å². The Morgan fingerprint density at radius 1 is 1.50 bits per heavy atom. The van der Waals surface area contributed by atoms with Gasteiger partial charge in [0.1, 0.15) is 0 Å². The second kappa shape index (κ2) is 6.99. The molecule has 1 aliphatic rings. The Kier molecular flexibility index (Phi) is 5.95. The number of carboxylic acids is 1. The maximum Gasteiger partial charge on any atom is 0.334 e. The molecule has 0 aromatic carbocycles. The van der Waals surface area contributed by atoms with Crippen molar-refractivity contribution in [2.24, 2.45) is 5.92 Å². The van der Waals surface area contributed by atoms with Crippen molar-refractivity contribution in [3.8, 4) is 0 Å². The summed E-state index contributed by atoms with van der Waals surface area (Å²) in [5.41, 5.74) is 0. The molecule has 1 saturated heterocycles. The number of morpholine rings is 1. The highest BCUT2D eigenvalue weighted by atomic mass is 32.2. The quantitative estimate of drug-likeness (QED) is 0.813. The van der Waals surface area contributed by atoms with E-state index in [1.807, 2.05) is 20.8 Å². The van der Waals surface area contributed by atoms with Crippen LogP contribution in [0, 0.1) is 5.92 Å². The molecule has 1 heterocycles. The van der Waals surface area contributed by atoms with Crippen molar-refractivity contribution in [2.45, 2.75) is 32.1 Å². The van der Waals surface area contributed by atoms with Crippen molar-refractivity contribution in [3.05, 3.63) is 0 Å². The third-order valence-electron chi connectivity index (χ3n) is 2.85. The molecule has 104 valence electrons. The summed E-state index contributed by atoms with van der Waals surface area (Å²) in [5.74, 6) is 0.151. The van der Waals surface area contributed by atoms with Crippen molar-refractivity contribution >= 4 is 23.6 Å². The number of carbonyl (C=O) groups excluding carboxylic acids is 1. The van der Waals surface area contributed by atoms with E-state index >= 15 is 0 Å². The number of carbonyl (C=O) groups is 2. The zero-order valence-electron chi connectivity index (χ0n) is 11.1. The summed E-state index contributed by atoms with van der Waals surface area (Å²) in [5, 5.41) is 8.83. The number of thioether (sulfide) groups is 1. The lowest BCUT2D eigenvalue weighted by molar-refractivity contribution is -0.159. The molecule has 0 spiro atoms. The molecule has 0 bridgehead atoms. The molecule has 1 amide bonds. The SMILES string of the molecule is CCSC(C(=O)N1CCOC(C(=O)O)C1)C(C)C. The summed E-state index contributed by atoms with van der Waals surface area (Å²) < 4.78 is 5.12. The first-order valence-corrected chi connectivity index (χ1v) is 7.27. The summed E-state index contributed by atoms with van der Waals surface area (Å²) in [6.45, 7) is 6.98. The van der Waals surface area contributed by atoms with Crippen LogP contribution in [0.25, 0.3) is 0 Å². The molecule has 2 unspecified atom stereocenters. The van der Waals surface area contributed by atoms with E-state index < -0.39 is 12.1 Å². The Morgan fingerprint density at radius 2 is 2.17 bits per heavy atom. The minimum absolute atomic E-state index is 0.0337. The largest absolute Gasteiger partial charge is 0.479 e. The Balaban J connectivity index is 2.66. The van der Waals surface area contributed by atoms with E-state index in [2.05, 4.69) is 0 Å². The Morgan fingerprint density at radius 3 is 2.67 bits per heavy atom. The molecule has 5 nitrogen and oxygen atoms in total. The van der Waals surface area contributed by atoms with Gasteiger partial charge in [-0.05, 0) is 11.7 Å². The van der Waals surface area contributed by atoms with E-state index in [4.69, 9.17) is 9.84 Å². The van der Waals surface area contributed by atoms with Crippen molar-refractivity contribution < 1.29 is 19.4 Å². The number of ether oxygens (including phenoxy) is 1. The fraction of sp³-hybridized carbons (Fsp3) is 0.833. The van der Waals surface area contributed by atoms with Gasteiger partial charge in [0.05, 0.1) is 18.4 Å². The van der Waals surface area contributed by atoms with Crippen LogP contribution in [0.5, 0.6) is 0 Å². The zero-order chi connectivity index (χ0) is 13.7. The molecule has 1 rings (SSSR count). The van der Waals surface area contributed by atoms with Crippen molar-refractivity contribution in [1.29, 1.82) is 0 Å². The van der Waals surface area contributed by atoms with Crippen LogP contribution in [0.15, 0.2) is 0 Å². The summed E-state index contributed by atoms with van der Waals surface area (Å²) in [6, 6.07) is 0. The van der Waals surface area contributed by atoms with Gasteiger partial charge in [-0.1, -0.05) is 20.8 Å². The molecule has 0 radical (unpaired) electrons. The second-order valence-corrected chi connectivity index (χ2v) is 6.02. The fourth-order valence-electron chi connectivity index (χ4n) is 1.91. The van der Waals surface area contributed by atoms with E-state index in [9.17, 15) is 9.59 Å². The first-order valence-electron chi connectivity index (χ1n) is 6.22. The Hall–Kier alpha value is -0.750. The van der Waals surface area contributed by atoms with Crippen LogP contribution >= 0.6 is 11.8 Å². The van der Waals surface area contributed by atoms with Crippen molar-refractivity contribution in [3.63, 3.8) is 0 Å². The minimum atomic E-state index is -1.00. The van der Waals surface area contributed by atoms with Gasteiger partial charge in [-0.3, -0.25) is 4.79 Å². The highest BCUT2D eigenvalue weighted by Crippen LogP contribution is 2.22. The smallest absolute Gasteiger partial charge is 0.334 e. The van der Waals surface area contributed by atoms with Gasteiger partial charge in [0, 0.05) is 6.54 Å². The maximum atomic E-state index is 12.4. The normalized spacial score (nSPS) is 22.0. The van der Waals surface area contributed by atoms with Crippen LogP contribution in [0.1, 0.15) is 20.8 Å². The zero-order valence-corrected chi connectivity index (χ0v) is 11.9. The van der Waals surface area contributed by atoms with Gasteiger partial charge in [0.2, 0.25) is 5.91 Å². The average Bonchev–Trinajstić information content (AvgIpc) is 2.35. The molecule has 6 heteroatoms. The van der Waals surface area contributed by atoms with Gasteiger partial charge in [-0.25, -0.2) is 4.79 Å². The number of aliphatic carboxylic acids is 1. The molecule has 1 N–H and O–H groups in total. The van der Waals surface area contributed by atoms with Crippen LogP contribution in [0.4, 0.5) is 0 Å². The lowest BCUT2D eigenvalue weighted by Gasteiger charge is -2.34. The first-order chi connectivity index (χ1) is 8.47. The summed E-state index contributed by atoms with van der Waals surface area (Å²) in [4.78, 5) is 24.9. The lowest BCUT2D eigenvalue weighted by atomic mass is 10.1. The van der Waals surface area contributed by atoms with Crippen LogP contribution in [0.2, 0.25) is 0 Å². The number of nitrogens with zero attached hydrogens (tertiary/aromatic N) is 1. The van der Waals surface area contributed by atoms with E-state index in [1.165, 1.54) is 0 Å². The van der Waals surface area contributed by atoms with E-state index in [0.29, 0.717) is 13.2 Å². The third kappa shape index (κ3) is 3.88. The summed E-state index contributed by atoms with van der Waals surface area (Å²) >= 11 is 1.62.